The lowest BCUT2D eigenvalue weighted by Crippen LogP contribution is -2.29. The van der Waals surface area contributed by atoms with Gasteiger partial charge in [-0.25, -0.2) is 4.79 Å². The summed E-state index contributed by atoms with van der Waals surface area (Å²) in [5, 5.41) is 11.8. The first-order valence-electron chi connectivity index (χ1n) is 9.38. The number of carboxylic acids is 1. The Labute approximate surface area is 169 Å². The number of fused-ring (bicyclic) bond motifs is 1. The summed E-state index contributed by atoms with van der Waals surface area (Å²) in [4.78, 5) is 11.9. The van der Waals surface area contributed by atoms with Crippen molar-refractivity contribution in [3.63, 3.8) is 0 Å². The highest BCUT2D eigenvalue weighted by atomic mass is 16.5. The van der Waals surface area contributed by atoms with Crippen molar-refractivity contribution in [2.24, 2.45) is 0 Å². The van der Waals surface area contributed by atoms with Gasteiger partial charge in [0, 0.05) is 6.42 Å². The SMILES string of the molecule is O=C(O)C(Cc1ccccc1Oc1ccccc1)Oc1ccc2ccccc2c1. The van der Waals surface area contributed by atoms with Crippen molar-refractivity contribution >= 4 is 16.7 Å². The molecule has 1 unspecified atom stereocenters. The molecular formula is C25H20O4. The second-order valence-corrected chi connectivity index (χ2v) is 6.68. The molecule has 4 aromatic carbocycles. The summed E-state index contributed by atoms with van der Waals surface area (Å²) in [5.74, 6) is 0.819. The van der Waals surface area contributed by atoms with Crippen LogP contribution in [0.4, 0.5) is 0 Å². The van der Waals surface area contributed by atoms with Crippen LogP contribution in [0.5, 0.6) is 17.2 Å². The molecule has 0 aliphatic heterocycles. The number of hydrogen-bond donors (Lipinski definition) is 1. The molecule has 0 saturated carbocycles. The second-order valence-electron chi connectivity index (χ2n) is 6.68. The van der Waals surface area contributed by atoms with Crippen molar-refractivity contribution in [1.82, 2.24) is 0 Å². The van der Waals surface area contributed by atoms with Gasteiger partial charge in [0.1, 0.15) is 17.2 Å². The summed E-state index contributed by atoms with van der Waals surface area (Å²) < 4.78 is 11.8. The van der Waals surface area contributed by atoms with Crippen LogP contribution in [0.25, 0.3) is 10.8 Å². The molecule has 0 fully saturated rings. The van der Waals surface area contributed by atoms with E-state index in [0.29, 0.717) is 17.2 Å². The van der Waals surface area contributed by atoms with E-state index >= 15 is 0 Å². The lowest BCUT2D eigenvalue weighted by atomic mass is 10.1. The molecule has 0 bridgehead atoms. The molecule has 29 heavy (non-hydrogen) atoms. The minimum Gasteiger partial charge on any atom is -0.478 e. The smallest absolute Gasteiger partial charge is 0.345 e. The number of aliphatic carboxylic acids is 1. The van der Waals surface area contributed by atoms with Crippen molar-refractivity contribution in [1.29, 1.82) is 0 Å². The molecule has 4 nitrogen and oxygen atoms in total. The number of carboxylic acid groups (broad SMARTS) is 1. The maximum atomic E-state index is 11.9. The van der Waals surface area contributed by atoms with E-state index < -0.39 is 12.1 Å². The summed E-state index contributed by atoms with van der Waals surface area (Å²) >= 11 is 0. The van der Waals surface area contributed by atoms with Gasteiger partial charge in [0.15, 0.2) is 6.10 Å². The van der Waals surface area contributed by atoms with E-state index in [0.717, 1.165) is 16.3 Å². The van der Waals surface area contributed by atoms with Gasteiger partial charge in [-0.15, -0.1) is 0 Å². The largest absolute Gasteiger partial charge is 0.478 e. The van der Waals surface area contributed by atoms with Crippen LogP contribution in [-0.4, -0.2) is 17.2 Å². The Hall–Kier alpha value is -3.79. The maximum absolute atomic E-state index is 11.9. The lowest BCUT2D eigenvalue weighted by molar-refractivity contribution is -0.145. The highest BCUT2D eigenvalue weighted by Gasteiger charge is 2.22. The minimum atomic E-state index is -1.03. The summed E-state index contributed by atoms with van der Waals surface area (Å²) in [7, 11) is 0. The molecule has 0 heterocycles. The van der Waals surface area contributed by atoms with Gasteiger partial charge >= 0.3 is 5.97 Å². The van der Waals surface area contributed by atoms with E-state index in [-0.39, 0.29) is 6.42 Å². The molecule has 0 aliphatic carbocycles. The summed E-state index contributed by atoms with van der Waals surface area (Å²) in [6.45, 7) is 0. The van der Waals surface area contributed by atoms with Crippen LogP contribution < -0.4 is 9.47 Å². The number of carbonyl (C=O) groups is 1. The highest BCUT2D eigenvalue weighted by Crippen LogP contribution is 2.28. The fourth-order valence-corrected chi connectivity index (χ4v) is 3.17. The monoisotopic (exact) mass is 384 g/mol. The molecule has 4 rings (SSSR count). The summed E-state index contributed by atoms with van der Waals surface area (Å²) in [6, 6.07) is 30.3. The van der Waals surface area contributed by atoms with Crippen LogP contribution >= 0.6 is 0 Å². The molecule has 1 atom stereocenters. The number of benzene rings is 4. The molecule has 0 aliphatic rings. The molecule has 4 aromatic rings. The Balaban J connectivity index is 1.56. The first-order chi connectivity index (χ1) is 14.2. The zero-order chi connectivity index (χ0) is 20.1. The van der Waals surface area contributed by atoms with Gasteiger partial charge in [0.05, 0.1) is 0 Å². The van der Waals surface area contributed by atoms with Gasteiger partial charge in [0.2, 0.25) is 0 Å². The molecule has 0 amide bonds. The van der Waals surface area contributed by atoms with Crippen molar-refractivity contribution in [2.75, 3.05) is 0 Å². The van der Waals surface area contributed by atoms with Crippen LogP contribution in [0.15, 0.2) is 97.1 Å². The predicted octanol–water partition coefficient (Wildman–Crippen LogP) is 5.71. The first-order valence-corrected chi connectivity index (χ1v) is 9.38. The van der Waals surface area contributed by atoms with Crippen LogP contribution in [0.3, 0.4) is 0 Å². The standard InChI is InChI=1S/C25H20O4/c26-25(27)24(29-22-15-14-18-8-4-5-9-19(18)16-22)17-20-10-6-7-13-23(20)28-21-11-2-1-3-12-21/h1-16,24H,17H2,(H,26,27). The Morgan fingerprint density at radius 3 is 2.24 bits per heavy atom. The third-order valence-corrected chi connectivity index (χ3v) is 4.62. The molecule has 4 heteroatoms. The van der Waals surface area contributed by atoms with E-state index in [1.165, 1.54) is 0 Å². The normalized spacial score (nSPS) is 11.7. The van der Waals surface area contributed by atoms with Gasteiger partial charge in [0.25, 0.3) is 0 Å². The average Bonchev–Trinajstić information content (AvgIpc) is 2.75. The van der Waals surface area contributed by atoms with Crippen molar-refractivity contribution in [3.8, 4) is 17.2 Å². The summed E-state index contributed by atoms with van der Waals surface area (Å²) in [5.41, 5.74) is 0.768. The lowest BCUT2D eigenvalue weighted by Gasteiger charge is -2.18. The Bertz CT molecular complexity index is 1120. The molecular weight excluding hydrogens is 364 g/mol. The Kier molecular flexibility index (Phi) is 5.43. The Morgan fingerprint density at radius 2 is 1.45 bits per heavy atom. The van der Waals surface area contributed by atoms with Gasteiger partial charge in [-0.05, 0) is 46.7 Å². The quantitative estimate of drug-likeness (QED) is 0.444. The van der Waals surface area contributed by atoms with Crippen molar-refractivity contribution < 1.29 is 19.4 Å². The minimum absolute atomic E-state index is 0.186. The zero-order valence-corrected chi connectivity index (χ0v) is 15.7. The molecule has 0 aromatic heterocycles. The van der Waals surface area contributed by atoms with Gasteiger partial charge in [-0.3, -0.25) is 0 Å². The number of hydrogen-bond acceptors (Lipinski definition) is 3. The first kappa shape index (κ1) is 18.6. The molecule has 1 N–H and O–H groups in total. The number of rotatable bonds is 7. The van der Waals surface area contributed by atoms with E-state index in [2.05, 4.69) is 0 Å². The molecule has 144 valence electrons. The fourth-order valence-electron chi connectivity index (χ4n) is 3.17. The third kappa shape index (κ3) is 4.55. The van der Waals surface area contributed by atoms with Crippen LogP contribution in [-0.2, 0) is 11.2 Å². The number of para-hydroxylation sites is 2. The third-order valence-electron chi connectivity index (χ3n) is 4.62. The van der Waals surface area contributed by atoms with Gasteiger partial charge in [-0.2, -0.15) is 0 Å². The van der Waals surface area contributed by atoms with Gasteiger partial charge in [-0.1, -0.05) is 66.7 Å². The highest BCUT2D eigenvalue weighted by molar-refractivity contribution is 5.84. The Morgan fingerprint density at radius 1 is 0.759 bits per heavy atom. The fraction of sp³-hybridized carbons (Fsp3) is 0.0800. The number of ether oxygens (including phenoxy) is 2. The second kappa shape index (κ2) is 8.48. The van der Waals surface area contributed by atoms with E-state index in [9.17, 15) is 9.90 Å². The predicted molar refractivity (Wildman–Crippen MR) is 113 cm³/mol. The molecule has 0 radical (unpaired) electrons. The van der Waals surface area contributed by atoms with Crippen LogP contribution in [0.1, 0.15) is 5.56 Å². The average molecular weight is 384 g/mol. The maximum Gasteiger partial charge on any atom is 0.345 e. The molecule has 0 spiro atoms. The topological polar surface area (TPSA) is 55.8 Å². The van der Waals surface area contributed by atoms with Crippen LogP contribution in [0.2, 0.25) is 0 Å². The van der Waals surface area contributed by atoms with Gasteiger partial charge < -0.3 is 14.6 Å². The summed E-state index contributed by atoms with van der Waals surface area (Å²) in [6.07, 6.45) is -0.845. The zero-order valence-electron chi connectivity index (χ0n) is 15.7. The van der Waals surface area contributed by atoms with E-state index in [1.54, 1.807) is 6.07 Å². The molecule has 0 saturated heterocycles. The van der Waals surface area contributed by atoms with E-state index in [1.807, 2.05) is 91.0 Å². The van der Waals surface area contributed by atoms with Crippen molar-refractivity contribution in [2.45, 2.75) is 12.5 Å². The van der Waals surface area contributed by atoms with Crippen LogP contribution in [0, 0.1) is 0 Å². The van der Waals surface area contributed by atoms with Crippen molar-refractivity contribution in [3.05, 3.63) is 103 Å². The van der Waals surface area contributed by atoms with E-state index in [4.69, 9.17) is 9.47 Å².